The summed E-state index contributed by atoms with van der Waals surface area (Å²) in [6.45, 7) is 2.25. The second-order valence-electron chi connectivity index (χ2n) is 5.95. The van der Waals surface area contributed by atoms with Gasteiger partial charge in [-0.3, -0.25) is 4.98 Å². The summed E-state index contributed by atoms with van der Waals surface area (Å²) >= 11 is 0. The van der Waals surface area contributed by atoms with Gasteiger partial charge in [-0.1, -0.05) is 43.5 Å². The van der Waals surface area contributed by atoms with E-state index in [-0.39, 0.29) is 0 Å². The van der Waals surface area contributed by atoms with Crippen LogP contribution in [0.3, 0.4) is 0 Å². The predicted octanol–water partition coefficient (Wildman–Crippen LogP) is 3.95. The summed E-state index contributed by atoms with van der Waals surface area (Å²) in [5.74, 6) is 0.911. The van der Waals surface area contributed by atoms with Crippen molar-refractivity contribution < 1.29 is 0 Å². The lowest BCUT2D eigenvalue weighted by Crippen LogP contribution is -2.26. The van der Waals surface area contributed by atoms with Crippen LogP contribution < -0.4 is 5.32 Å². The molecule has 0 radical (unpaired) electrons. The molecule has 0 amide bonds. The molecule has 0 aliphatic heterocycles. The molecule has 20 heavy (non-hydrogen) atoms. The predicted molar refractivity (Wildman–Crippen MR) is 84.9 cm³/mol. The molecule has 106 valence electrons. The third kappa shape index (κ3) is 3.37. The number of rotatable bonds is 5. The van der Waals surface area contributed by atoms with Crippen molar-refractivity contribution in [1.82, 2.24) is 10.3 Å². The van der Waals surface area contributed by atoms with Crippen molar-refractivity contribution >= 4 is 10.9 Å². The van der Waals surface area contributed by atoms with Crippen molar-refractivity contribution in [2.45, 2.75) is 38.5 Å². The number of aromatic nitrogens is 1. The number of hydrogen-bond donors (Lipinski definition) is 1. The van der Waals surface area contributed by atoms with Gasteiger partial charge in [0.2, 0.25) is 0 Å². The third-order valence-corrected chi connectivity index (χ3v) is 4.45. The van der Waals surface area contributed by atoms with Crippen LogP contribution in [0.25, 0.3) is 10.9 Å². The molecular weight excluding hydrogens is 244 g/mol. The van der Waals surface area contributed by atoms with E-state index in [9.17, 15) is 0 Å². The van der Waals surface area contributed by atoms with Crippen LogP contribution in [0.15, 0.2) is 36.5 Å². The molecule has 1 N–H and O–H groups in total. The van der Waals surface area contributed by atoms with Gasteiger partial charge in [-0.05, 0) is 49.9 Å². The van der Waals surface area contributed by atoms with E-state index in [1.54, 1.807) is 0 Å². The topological polar surface area (TPSA) is 24.9 Å². The third-order valence-electron chi connectivity index (χ3n) is 4.45. The van der Waals surface area contributed by atoms with E-state index in [1.807, 2.05) is 12.3 Å². The fourth-order valence-corrected chi connectivity index (χ4v) is 3.29. The Bertz CT molecular complexity index is 539. The van der Waals surface area contributed by atoms with Crippen LogP contribution in [0, 0.1) is 5.92 Å². The quantitative estimate of drug-likeness (QED) is 0.831. The first-order chi connectivity index (χ1) is 9.93. The van der Waals surface area contributed by atoms with Crippen LogP contribution in [0.2, 0.25) is 0 Å². The summed E-state index contributed by atoms with van der Waals surface area (Å²) in [5, 5.41) is 4.89. The minimum absolute atomic E-state index is 0.911. The van der Waals surface area contributed by atoms with Crippen LogP contribution in [0.4, 0.5) is 0 Å². The highest BCUT2D eigenvalue weighted by Gasteiger charge is 2.12. The molecule has 0 atom stereocenters. The normalized spacial score (nSPS) is 16.6. The van der Waals surface area contributed by atoms with Crippen LogP contribution in [-0.2, 0) is 6.42 Å². The van der Waals surface area contributed by atoms with Crippen LogP contribution in [-0.4, -0.2) is 18.1 Å². The highest BCUT2D eigenvalue weighted by molar-refractivity contribution is 5.81. The van der Waals surface area contributed by atoms with Gasteiger partial charge >= 0.3 is 0 Å². The Hall–Kier alpha value is -1.41. The number of nitrogens with one attached hydrogen (secondary N) is 1. The molecule has 0 saturated heterocycles. The zero-order valence-electron chi connectivity index (χ0n) is 12.1. The monoisotopic (exact) mass is 268 g/mol. The first-order valence-corrected chi connectivity index (χ1v) is 7.97. The van der Waals surface area contributed by atoms with Crippen molar-refractivity contribution in [3.63, 3.8) is 0 Å². The summed E-state index contributed by atoms with van der Waals surface area (Å²) in [4.78, 5) is 4.52. The lowest BCUT2D eigenvalue weighted by atomic mass is 9.89. The van der Waals surface area contributed by atoms with E-state index >= 15 is 0 Å². The summed E-state index contributed by atoms with van der Waals surface area (Å²) in [6, 6.07) is 10.6. The summed E-state index contributed by atoms with van der Waals surface area (Å²) in [6.07, 6.45) is 10.1. The lowest BCUT2D eigenvalue weighted by molar-refractivity contribution is 0.343. The first kappa shape index (κ1) is 13.6. The SMILES string of the molecule is c1cnc2c(CCNCC3CCCCC3)cccc2c1. The smallest absolute Gasteiger partial charge is 0.0734 e. The van der Waals surface area contributed by atoms with Crippen molar-refractivity contribution in [2.24, 2.45) is 5.92 Å². The number of nitrogens with zero attached hydrogens (tertiary/aromatic N) is 1. The maximum absolute atomic E-state index is 4.52. The lowest BCUT2D eigenvalue weighted by Gasteiger charge is -2.21. The summed E-state index contributed by atoms with van der Waals surface area (Å²) in [7, 11) is 0. The summed E-state index contributed by atoms with van der Waals surface area (Å²) < 4.78 is 0. The Labute approximate surface area is 121 Å². The van der Waals surface area contributed by atoms with Gasteiger partial charge in [0.25, 0.3) is 0 Å². The van der Waals surface area contributed by atoms with E-state index < -0.39 is 0 Å². The molecule has 0 spiro atoms. The maximum atomic E-state index is 4.52. The molecule has 1 aromatic heterocycles. The van der Waals surface area contributed by atoms with Gasteiger partial charge < -0.3 is 5.32 Å². The number of benzene rings is 1. The molecule has 1 aliphatic carbocycles. The second-order valence-corrected chi connectivity index (χ2v) is 5.95. The molecule has 2 heteroatoms. The minimum atomic E-state index is 0.911. The Morgan fingerprint density at radius 1 is 1.05 bits per heavy atom. The first-order valence-electron chi connectivity index (χ1n) is 7.97. The average Bonchev–Trinajstić information content (AvgIpc) is 2.53. The van der Waals surface area contributed by atoms with Crippen LogP contribution in [0.5, 0.6) is 0 Å². The number of hydrogen-bond acceptors (Lipinski definition) is 2. The molecule has 0 unspecified atom stereocenters. The van der Waals surface area contributed by atoms with E-state index in [0.29, 0.717) is 0 Å². The van der Waals surface area contributed by atoms with Crippen molar-refractivity contribution in [1.29, 1.82) is 0 Å². The number of para-hydroxylation sites is 1. The second kappa shape index (κ2) is 6.85. The molecular formula is C18H24N2. The van der Waals surface area contributed by atoms with Gasteiger partial charge in [0.15, 0.2) is 0 Å². The summed E-state index contributed by atoms with van der Waals surface area (Å²) in [5.41, 5.74) is 2.52. The van der Waals surface area contributed by atoms with E-state index in [1.165, 1.54) is 49.6 Å². The molecule has 2 aromatic rings. The fraction of sp³-hybridized carbons (Fsp3) is 0.500. The van der Waals surface area contributed by atoms with E-state index in [0.717, 1.165) is 24.4 Å². The van der Waals surface area contributed by atoms with Gasteiger partial charge in [-0.25, -0.2) is 0 Å². The highest BCUT2D eigenvalue weighted by Crippen LogP contribution is 2.22. The van der Waals surface area contributed by atoms with Gasteiger partial charge in [-0.2, -0.15) is 0 Å². The molecule has 1 fully saturated rings. The molecule has 3 rings (SSSR count). The van der Waals surface area contributed by atoms with E-state index in [2.05, 4.69) is 34.6 Å². The minimum Gasteiger partial charge on any atom is -0.316 e. The number of pyridine rings is 1. The Morgan fingerprint density at radius 3 is 2.80 bits per heavy atom. The highest BCUT2D eigenvalue weighted by atomic mass is 14.9. The Kier molecular flexibility index (Phi) is 4.65. The molecule has 1 saturated carbocycles. The molecule has 1 aliphatic rings. The standard InChI is InChI=1S/C18H24N2/c1-2-6-15(7-3-1)14-19-13-11-17-9-4-8-16-10-5-12-20-18(16)17/h4-5,8-10,12,15,19H,1-3,6-7,11,13-14H2. The molecule has 0 bridgehead atoms. The Morgan fingerprint density at radius 2 is 1.90 bits per heavy atom. The van der Waals surface area contributed by atoms with Crippen LogP contribution in [0.1, 0.15) is 37.7 Å². The average molecular weight is 268 g/mol. The van der Waals surface area contributed by atoms with E-state index in [4.69, 9.17) is 0 Å². The van der Waals surface area contributed by atoms with Crippen molar-refractivity contribution in [2.75, 3.05) is 13.1 Å². The maximum Gasteiger partial charge on any atom is 0.0734 e. The fourth-order valence-electron chi connectivity index (χ4n) is 3.29. The van der Waals surface area contributed by atoms with Gasteiger partial charge in [0.05, 0.1) is 5.52 Å². The van der Waals surface area contributed by atoms with Gasteiger partial charge in [-0.15, -0.1) is 0 Å². The van der Waals surface area contributed by atoms with Crippen molar-refractivity contribution in [3.8, 4) is 0 Å². The molecule has 2 nitrogen and oxygen atoms in total. The van der Waals surface area contributed by atoms with Gasteiger partial charge in [0, 0.05) is 11.6 Å². The van der Waals surface area contributed by atoms with Crippen LogP contribution >= 0.6 is 0 Å². The molecule has 1 aromatic carbocycles. The van der Waals surface area contributed by atoms with Gasteiger partial charge in [0.1, 0.15) is 0 Å². The zero-order valence-corrected chi connectivity index (χ0v) is 12.1. The number of fused-ring (bicyclic) bond motifs is 1. The zero-order chi connectivity index (χ0) is 13.6. The molecule has 1 heterocycles. The Balaban J connectivity index is 1.52. The van der Waals surface area contributed by atoms with Crippen molar-refractivity contribution in [3.05, 3.63) is 42.1 Å². The largest absolute Gasteiger partial charge is 0.316 e.